The zero-order chi connectivity index (χ0) is 13.6. The molecule has 0 radical (unpaired) electrons. The fraction of sp³-hybridized carbons (Fsp3) is 1.00. The fourth-order valence-corrected chi connectivity index (χ4v) is 3.14. The highest BCUT2D eigenvalue weighted by molar-refractivity contribution is 4.92. The third-order valence-corrected chi connectivity index (χ3v) is 4.32. The first-order valence-electron chi connectivity index (χ1n) is 8.19. The van der Waals surface area contributed by atoms with Crippen LogP contribution in [0.5, 0.6) is 0 Å². The Labute approximate surface area is 118 Å². The van der Waals surface area contributed by atoms with E-state index in [1.54, 1.807) is 0 Å². The molecule has 0 amide bonds. The van der Waals surface area contributed by atoms with Crippen molar-refractivity contribution in [3.63, 3.8) is 0 Å². The summed E-state index contributed by atoms with van der Waals surface area (Å²) in [7, 11) is 0. The largest absolute Gasteiger partial charge is 0.379 e. The second kappa shape index (κ2) is 7.61. The van der Waals surface area contributed by atoms with Crippen molar-refractivity contribution in [1.29, 1.82) is 0 Å². The van der Waals surface area contributed by atoms with Gasteiger partial charge < -0.3 is 14.8 Å². The van der Waals surface area contributed by atoms with Crippen LogP contribution >= 0.6 is 0 Å². The standard InChI is InChI=1S/C16H31NO2/c1-3-9-18-10-11-19-16(13-17-15-6-7-15)8-4-5-14(2)12-16/h14-15,17H,3-13H2,1-2H3. The Morgan fingerprint density at radius 2 is 2.00 bits per heavy atom. The zero-order valence-electron chi connectivity index (χ0n) is 12.7. The van der Waals surface area contributed by atoms with Crippen LogP contribution in [0, 0.1) is 5.92 Å². The maximum absolute atomic E-state index is 6.28. The van der Waals surface area contributed by atoms with E-state index < -0.39 is 0 Å². The number of rotatable bonds is 9. The van der Waals surface area contributed by atoms with Crippen molar-refractivity contribution in [1.82, 2.24) is 5.32 Å². The van der Waals surface area contributed by atoms with Gasteiger partial charge in [0.05, 0.1) is 18.8 Å². The van der Waals surface area contributed by atoms with Crippen molar-refractivity contribution in [2.75, 3.05) is 26.4 Å². The van der Waals surface area contributed by atoms with E-state index in [1.165, 1.54) is 38.5 Å². The van der Waals surface area contributed by atoms with Crippen LogP contribution in [-0.4, -0.2) is 38.0 Å². The van der Waals surface area contributed by atoms with Gasteiger partial charge in [-0.05, 0) is 38.0 Å². The predicted molar refractivity (Wildman–Crippen MR) is 78.4 cm³/mol. The summed E-state index contributed by atoms with van der Waals surface area (Å²) in [4.78, 5) is 0. The molecule has 2 unspecified atom stereocenters. The molecule has 0 bridgehead atoms. The maximum Gasteiger partial charge on any atom is 0.0810 e. The van der Waals surface area contributed by atoms with Crippen LogP contribution in [0.4, 0.5) is 0 Å². The number of nitrogens with one attached hydrogen (secondary N) is 1. The molecule has 2 saturated carbocycles. The van der Waals surface area contributed by atoms with E-state index in [0.717, 1.165) is 44.7 Å². The van der Waals surface area contributed by atoms with Gasteiger partial charge in [0.1, 0.15) is 0 Å². The average molecular weight is 269 g/mol. The van der Waals surface area contributed by atoms with Gasteiger partial charge in [-0.25, -0.2) is 0 Å². The minimum atomic E-state index is 0.0792. The van der Waals surface area contributed by atoms with E-state index in [-0.39, 0.29) is 5.60 Å². The second-order valence-electron chi connectivity index (χ2n) is 6.50. The van der Waals surface area contributed by atoms with Crippen LogP contribution in [0.25, 0.3) is 0 Å². The van der Waals surface area contributed by atoms with Gasteiger partial charge in [0.25, 0.3) is 0 Å². The highest BCUT2D eigenvalue weighted by Gasteiger charge is 2.37. The molecule has 2 aliphatic carbocycles. The molecular formula is C16H31NO2. The monoisotopic (exact) mass is 269 g/mol. The van der Waals surface area contributed by atoms with Crippen molar-refractivity contribution in [3.8, 4) is 0 Å². The topological polar surface area (TPSA) is 30.5 Å². The first-order chi connectivity index (χ1) is 9.24. The number of hydrogen-bond acceptors (Lipinski definition) is 3. The molecule has 0 aromatic rings. The highest BCUT2D eigenvalue weighted by Crippen LogP contribution is 2.35. The first kappa shape index (κ1) is 15.3. The van der Waals surface area contributed by atoms with Crippen molar-refractivity contribution in [2.45, 2.75) is 70.4 Å². The normalized spacial score (nSPS) is 31.6. The molecule has 0 aliphatic heterocycles. The molecule has 1 N–H and O–H groups in total. The molecule has 3 heteroatoms. The Hall–Kier alpha value is -0.120. The van der Waals surface area contributed by atoms with Gasteiger partial charge in [-0.2, -0.15) is 0 Å². The minimum Gasteiger partial charge on any atom is -0.379 e. The third kappa shape index (κ3) is 5.41. The van der Waals surface area contributed by atoms with Crippen LogP contribution in [0.1, 0.15) is 58.8 Å². The molecule has 2 atom stereocenters. The van der Waals surface area contributed by atoms with Crippen molar-refractivity contribution >= 4 is 0 Å². The Kier molecular flexibility index (Phi) is 6.11. The summed E-state index contributed by atoms with van der Waals surface area (Å²) in [6, 6.07) is 0.772. The number of ether oxygens (including phenoxy) is 2. The quantitative estimate of drug-likeness (QED) is 0.652. The van der Waals surface area contributed by atoms with E-state index in [9.17, 15) is 0 Å². The molecule has 3 nitrogen and oxygen atoms in total. The Bertz CT molecular complexity index is 255. The molecule has 0 aromatic carbocycles. The molecule has 0 aromatic heterocycles. The second-order valence-corrected chi connectivity index (χ2v) is 6.50. The first-order valence-corrected chi connectivity index (χ1v) is 8.19. The van der Waals surface area contributed by atoms with Gasteiger partial charge >= 0.3 is 0 Å². The Balaban J connectivity index is 1.74. The summed E-state index contributed by atoms with van der Waals surface area (Å²) in [5.41, 5.74) is 0.0792. The molecule has 19 heavy (non-hydrogen) atoms. The van der Waals surface area contributed by atoms with E-state index in [2.05, 4.69) is 19.2 Å². The third-order valence-electron chi connectivity index (χ3n) is 4.32. The highest BCUT2D eigenvalue weighted by atomic mass is 16.5. The van der Waals surface area contributed by atoms with Crippen LogP contribution in [-0.2, 0) is 9.47 Å². The van der Waals surface area contributed by atoms with E-state index >= 15 is 0 Å². The van der Waals surface area contributed by atoms with E-state index in [4.69, 9.17) is 9.47 Å². The lowest BCUT2D eigenvalue weighted by Crippen LogP contribution is -2.47. The molecule has 0 spiro atoms. The van der Waals surface area contributed by atoms with Crippen LogP contribution in [0.2, 0.25) is 0 Å². The predicted octanol–water partition coefficient (Wildman–Crippen LogP) is 3.13. The van der Waals surface area contributed by atoms with Crippen LogP contribution in [0.3, 0.4) is 0 Å². The van der Waals surface area contributed by atoms with Gasteiger partial charge in [-0.3, -0.25) is 0 Å². The van der Waals surface area contributed by atoms with Crippen LogP contribution in [0.15, 0.2) is 0 Å². The summed E-state index contributed by atoms with van der Waals surface area (Å²) in [5, 5.41) is 3.67. The maximum atomic E-state index is 6.28. The van der Waals surface area contributed by atoms with Crippen molar-refractivity contribution < 1.29 is 9.47 Å². The number of hydrogen-bond donors (Lipinski definition) is 1. The lowest BCUT2D eigenvalue weighted by molar-refractivity contribution is -0.0953. The molecule has 2 rings (SSSR count). The van der Waals surface area contributed by atoms with Gasteiger partial charge in [-0.15, -0.1) is 0 Å². The van der Waals surface area contributed by atoms with Gasteiger partial charge in [0, 0.05) is 19.2 Å². The average Bonchev–Trinajstić information content (AvgIpc) is 3.21. The molecule has 112 valence electrons. The smallest absolute Gasteiger partial charge is 0.0810 e. The molecule has 2 fully saturated rings. The lowest BCUT2D eigenvalue weighted by Gasteiger charge is -2.40. The van der Waals surface area contributed by atoms with Gasteiger partial charge in [-0.1, -0.05) is 26.7 Å². The molecular weight excluding hydrogens is 238 g/mol. The van der Waals surface area contributed by atoms with E-state index in [0.29, 0.717) is 0 Å². The molecule has 2 aliphatic rings. The summed E-state index contributed by atoms with van der Waals surface area (Å²) >= 11 is 0. The van der Waals surface area contributed by atoms with Crippen molar-refractivity contribution in [3.05, 3.63) is 0 Å². The Morgan fingerprint density at radius 3 is 2.68 bits per heavy atom. The summed E-state index contributed by atoms with van der Waals surface area (Å²) in [6.07, 6.45) is 8.89. The molecule has 0 saturated heterocycles. The Morgan fingerprint density at radius 1 is 1.16 bits per heavy atom. The van der Waals surface area contributed by atoms with Crippen molar-refractivity contribution in [2.24, 2.45) is 5.92 Å². The van der Waals surface area contributed by atoms with E-state index in [1.807, 2.05) is 0 Å². The lowest BCUT2D eigenvalue weighted by atomic mass is 9.78. The summed E-state index contributed by atoms with van der Waals surface area (Å²) in [5.74, 6) is 0.798. The minimum absolute atomic E-state index is 0.0792. The van der Waals surface area contributed by atoms with Gasteiger partial charge in [0.15, 0.2) is 0 Å². The summed E-state index contributed by atoms with van der Waals surface area (Å²) < 4.78 is 11.8. The zero-order valence-corrected chi connectivity index (χ0v) is 12.7. The molecule has 0 heterocycles. The SMILES string of the molecule is CCCOCCOC1(CNC2CC2)CCCC(C)C1. The van der Waals surface area contributed by atoms with Crippen LogP contribution < -0.4 is 5.32 Å². The fourth-order valence-electron chi connectivity index (χ4n) is 3.14. The van der Waals surface area contributed by atoms with Gasteiger partial charge in [0.2, 0.25) is 0 Å². The summed E-state index contributed by atoms with van der Waals surface area (Å²) in [6.45, 7) is 7.89.